The van der Waals surface area contributed by atoms with Crippen LogP contribution in [-0.2, 0) is 10.0 Å². The topological polar surface area (TPSA) is 57.6 Å². The molecule has 1 N–H and O–H groups in total. The predicted molar refractivity (Wildman–Crippen MR) is 62.6 cm³/mol. The van der Waals surface area contributed by atoms with Gasteiger partial charge < -0.3 is 5.11 Å². The molecule has 0 heterocycles. The van der Waals surface area contributed by atoms with E-state index in [2.05, 4.69) is 0 Å². The monoisotopic (exact) mass is 247 g/mol. The van der Waals surface area contributed by atoms with Crippen molar-refractivity contribution < 1.29 is 13.5 Å². The first-order valence-electron chi connectivity index (χ1n) is 6.28. The molecule has 16 heavy (non-hydrogen) atoms. The minimum absolute atomic E-state index is 0.0670. The Morgan fingerprint density at radius 1 is 1.06 bits per heavy atom. The van der Waals surface area contributed by atoms with Crippen LogP contribution >= 0.6 is 0 Å². The Hall–Kier alpha value is -0.130. The molecule has 0 aliphatic heterocycles. The van der Waals surface area contributed by atoms with Gasteiger partial charge in [-0.3, -0.25) is 0 Å². The first-order chi connectivity index (χ1) is 7.66. The SMILES string of the molecule is O=S(=O)(C1CCCC1)N(CCO)C1CCC1. The summed E-state index contributed by atoms with van der Waals surface area (Å²) in [6.07, 6.45) is 6.71. The summed E-state index contributed by atoms with van der Waals surface area (Å²) in [5, 5.41) is 8.82. The minimum Gasteiger partial charge on any atom is -0.395 e. The summed E-state index contributed by atoms with van der Waals surface area (Å²) in [4.78, 5) is 0. The van der Waals surface area contributed by atoms with Crippen LogP contribution in [0.1, 0.15) is 44.9 Å². The van der Waals surface area contributed by atoms with E-state index in [1.54, 1.807) is 4.31 Å². The number of hydrogen-bond acceptors (Lipinski definition) is 3. The van der Waals surface area contributed by atoms with Gasteiger partial charge in [0.1, 0.15) is 0 Å². The van der Waals surface area contributed by atoms with E-state index < -0.39 is 10.0 Å². The fourth-order valence-corrected chi connectivity index (χ4v) is 4.94. The van der Waals surface area contributed by atoms with Crippen molar-refractivity contribution in [2.45, 2.75) is 56.2 Å². The Morgan fingerprint density at radius 2 is 1.69 bits per heavy atom. The largest absolute Gasteiger partial charge is 0.395 e. The molecule has 0 radical (unpaired) electrons. The molecular formula is C11H21NO3S. The molecule has 2 rings (SSSR count). The van der Waals surface area contributed by atoms with Crippen LogP contribution in [0.15, 0.2) is 0 Å². The van der Waals surface area contributed by atoms with Gasteiger partial charge in [0.05, 0.1) is 11.9 Å². The first-order valence-corrected chi connectivity index (χ1v) is 7.78. The summed E-state index contributed by atoms with van der Waals surface area (Å²) >= 11 is 0. The molecule has 2 aliphatic rings. The number of aliphatic hydroxyl groups is 1. The number of rotatable bonds is 5. The maximum absolute atomic E-state index is 12.4. The second-order valence-corrected chi connectivity index (χ2v) is 7.04. The quantitative estimate of drug-likeness (QED) is 0.791. The van der Waals surface area contributed by atoms with Crippen LogP contribution in [-0.4, -0.2) is 42.3 Å². The molecule has 2 aliphatic carbocycles. The fraction of sp³-hybridized carbons (Fsp3) is 1.00. The predicted octanol–water partition coefficient (Wildman–Crippen LogP) is 1.11. The second kappa shape index (κ2) is 5.02. The molecule has 0 amide bonds. The molecule has 4 nitrogen and oxygen atoms in total. The number of sulfonamides is 1. The summed E-state index contributed by atoms with van der Waals surface area (Å²) in [7, 11) is -3.15. The van der Waals surface area contributed by atoms with E-state index in [-0.39, 0.29) is 24.4 Å². The van der Waals surface area contributed by atoms with Gasteiger partial charge in [0.15, 0.2) is 0 Å². The third kappa shape index (κ3) is 2.26. The summed E-state index contributed by atoms with van der Waals surface area (Å²) in [6.45, 7) is 0.214. The molecule has 0 aromatic heterocycles. The van der Waals surface area contributed by atoms with Crippen LogP contribution in [0, 0.1) is 0 Å². The van der Waals surface area contributed by atoms with Crippen LogP contribution in [0.5, 0.6) is 0 Å². The highest BCUT2D eigenvalue weighted by atomic mass is 32.2. The number of nitrogens with zero attached hydrogens (tertiary/aromatic N) is 1. The molecule has 0 saturated heterocycles. The summed E-state index contributed by atoms with van der Waals surface area (Å²) in [5.74, 6) is 0. The zero-order chi connectivity index (χ0) is 11.6. The first kappa shape index (κ1) is 12.3. The molecule has 0 unspecified atom stereocenters. The molecule has 2 fully saturated rings. The Kier molecular flexibility index (Phi) is 3.87. The van der Waals surface area contributed by atoms with Gasteiger partial charge in [0.2, 0.25) is 10.0 Å². The fourth-order valence-electron chi connectivity index (χ4n) is 2.67. The molecule has 94 valence electrons. The highest BCUT2D eigenvalue weighted by Crippen LogP contribution is 2.33. The highest BCUT2D eigenvalue weighted by Gasteiger charge is 2.39. The number of aliphatic hydroxyl groups excluding tert-OH is 1. The molecule has 2 saturated carbocycles. The molecule has 0 bridgehead atoms. The molecule has 0 aromatic carbocycles. The lowest BCUT2D eigenvalue weighted by molar-refractivity contribution is 0.177. The zero-order valence-corrected chi connectivity index (χ0v) is 10.5. The van der Waals surface area contributed by atoms with Gasteiger partial charge in [-0.15, -0.1) is 0 Å². The van der Waals surface area contributed by atoms with E-state index in [9.17, 15) is 8.42 Å². The van der Waals surface area contributed by atoms with Crippen molar-refractivity contribution in [1.82, 2.24) is 4.31 Å². The smallest absolute Gasteiger partial charge is 0.217 e. The van der Waals surface area contributed by atoms with Crippen molar-refractivity contribution in [3.8, 4) is 0 Å². The molecule has 5 heteroatoms. The standard InChI is InChI=1S/C11H21NO3S/c13-9-8-12(10-4-3-5-10)16(14,15)11-6-1-2-7-11/h10-11,13H,1-9H2. The number of hydrogen-bond donors (Lipinski definition) is 1. The Bertz CT molecular complexity index is 318. The normalized spacial score (nSPS) is 23.9. The van der Waals surface area contributed by atoms with Gasteiger partial charge in [0.25, 0.3) is 0 Å². The average Bonchev–Trinajstić information content (AvgIpc) is 2.67. The van der Waals surface area contributed by atoms with Crippen molar-refractivity contribution in [3.05, 3.63) is 0 Å². The molecule has 0 atom stereocenters. The van der Waals surface area contributed by atoms with Gasteiger partial charge in [-0.05, 0) is 25.7 Å². The van der Waals surface area contributed by atoms with Crippen molar-refractivity contribution in [2.24, 2.45) is 0 Å². The maximum Gasteiger partial charge on any atom is 0.217 e. The van der Waals surface area contributed by atoms with E-state index in [1.165, 1.54) is 0 Å². The highest BCUT2D eigenvalue weighted by molar-refractivity contribution is 7.89. The van der Waals surface area contributed by atoms with Crippen LogP contribution in [0.25, 0.3) is 0 Å². The molecular weight excluding hydrogens is 226 g/mol. The van der Waals surface area contributed by atoms with Crippen LogP contribution in [0.2, 0.25) is 0 Å². The summed E-state index contributed by atoms with van der Waals surface area (Å²) in [5.41, 5.74) is 0. The third-order valence-corrected chi connectivity index (χ3v) is 6.30. The lowest BCUT2D eigenvalue weighted by Crippen LogP contribution is -2.48. The van der Waals surface area contributed by atoms with Crippen molar-refractivity contribution in [3.63, 3.8) is 0 Å². The van der Waals surface area contributed by atoms with Crippen LogP contribution < -0.4 is 0 Å². The van der Waals surface area contributed by atoms with Gasteiger partial charge in [-0.1, -0.05) is 19.3 Å². The lowest BCUT2D eigenvalue weighted by atomic mass is 9.93. The molecule has 0 spiro atoms. The summed E-state index contributed by atoms with van der Waals surface area (Å²) in [6, 6.07) is 0.165. The van der Waals surface area contributed by atoms with Crippen molar-refractivity contribution in [2.75, 3.05) is 13.2 Å². The maximum atomic E-state index is 12.4. The zero-order valence-electron chi connectivity index (χ0n) is 9.64. The van der Waals surface area contributed by atoms with Crippen LogP contribution in [0.4, 0.5) is 0 Å². The summed E-state index contributed by atoms with van der Waals surface area (Å²) < 4.78 is 26.3. The lowest BCUT2D eigenvalue weighted by Gasteiger charge is -2.37. The van der Waals surface area contributed by atoms with Gasteiger partial charge >= 0.3 is 0 Å². The van der Waals surface area contributed by atoms with Gasteiger partial charge in [-0.2, -0.15) is 4.31 Å². The Morgan fingerprint density at radius 3 is 2.12 bits per heavy atom. The van der Waals surface area contributed by atoms with Gasteiger partial charge in [0, 0.05) is 12.6 Å². The Balaban J connectivity index is 2.10. The average molecular weight is 247 g/mol. The van der Waals surface area contributed by atoms with Gasteiger partial charge in [-0.25, -0.2) is 8.42 Å². The van der Waals surface area contributed by atoms with E-state index in [1.807, 2.05) is 0 Å². The second-order valence-electron chi connectivity index (χ2n) is 4.87. The van der Waals surface area contributed by atoms with E-state index in [0.717, 1.165) is 44.9 Å². The third-order valence-electron chi connectivity index (χ3n) is 3.85. The van der Waals surface area contributed by atoms with Crippen LogP contribution in [0.3, 0.4) is 0 Å². The van der Waals surface area contributed by atoms with Crippen molar-refractivity contribution >= 4 is 10.0 Å². The minimum atomic E-state index is -3.15. The van der Waals surface area contributed by atoms with E-state index >= 15 is 0 Å². The Labute approximate surface area is 97.7 Å². The molecule has 0 aromatic rings. The van der Waals surface area contributed by atoms with E-state index in [0.29, 0.717) is 0 Å². The van der Waals surface area contributed by atoms with E-state index in [4.69, 9.17) is 5.11 Å². The van der Waals surface area contributed by atoms with Crippen molar-refractivity contribution in [1.29, 1.82) is 0 Å².